The molecule has 0 fully saturated rings. The van der Waals surface area contributed by atoms with E-state index in [2.05, 4.69) is 50.3 Å². The van der Waals surface area contributed by atoms with Crippen molar-refractivity contribution in [2.24, 2.45) is 5.73 Å². The number of esters is 1. The van der Waals surface area contributed by atoms with Crippen LogP contribution < -0.4 is 5.73 Å². The lowest BCUT2D eigenvalue weighted by Gasteiger charge is -2.19. The zero-order valence-corrected chi connectivity index (χ0v) is 35.6. The van der Waals surface area contributed by atoms with Gasteiger partial charge in [0.2, 0.25) is 0 Å². The van der Waals surface area contributed by atoms with Crippen LogP contribution in [0.5, 0.6) is 0 Å². The predicted molar refractivity (Wildman–Crippen MR) is 228 cm³/mol. The number of phosphoric ester groups is 1. The van der Waals surface area contributed by atoms with E-state index in [1.165, 1.54) is 128 Å². The number of hydrogen-bond acceptors (Lipinski definition) is 7. The Bertz CT molecular complexity index is 1010. The number of rotatable bonds is 41. The van der Waals surface area contributed by atoms with Gasteiger partial charge in [0.1, 0.15) is 6.61 Å². The van der Waals surface area contributed by atoms with E-state index >= 15 is 0 Å². The number of allylic oxidation sites excluding steroid dienone is 9. The standard InChI is InChI=1S/C45H82NO7P/c1-3-5-7-9-11-13-15-17-19-20-21-22-23-24-25-26-28-30-32-34-36-38-45(47)53-44(43-52-54(48,49)51-41-39-46)42-50-40-37-35-33-31-29-27-18-16-14-12-10-8-6-4-2/h20-21,23-24,26,28,32,34,37,40,44H,3-19,22,25,27,29-31,33,35-36,38-39,41-43,46H2,1-2H3,(H,48,49)/b21-20-,24-23-,28-26-,34-32-,40-37+. The van der Waals surface area contributed by atoms with Crippen molar-refractivity contribution in [3.8, 4) is 0 Å². The van der Waals surface area contributed by atoms with Gasteiger partial charge in [0.15, 0.2) is 6.10 Å². The normalized spacial score (nSPS) is 14.0. The maximum atomic E-state index is 12.5. The molecule has 314 valence electrons. The molecule has 0 saturated carbocycles. The lowest BCUT2D eigenvalue weighted by atomic mass is 10.0. The van der Waals surface area contributed by atoms with Gasteiger partial charge in [-0.05, 0) is 57.4 Å². The van der Waals surface area contributed by atoms with Crippen LogP contribution in [0.2, 0.25) is 0 Å². The molecule has 0 aliphatic rings. The molecule has 54 heavy (non-hydrogen) atoms. The second kappa shape index (κ2) is 42.2. The van der Waals surface area contributed by atoms with Crippen LogP contribution in [0.1, 0.15) is 187 Å². The minimum absolute atomic E-state index is 0.00223. The molecule has 2 atom stereocenters. The Morgan fingerprint density at radius 1 is 0.574 bits per heavy atom. The van der Waals surface area contributed by atoms with Crippen LogP contribution in [0.25, 0.3) is 0 Å². The maximum absolute atomic E-state index is 12.5. The number of unbranched alkanes of at least 4 members (excludes halogenated alkanes) is 20. The fourth-order valence-corrected chi connectivity index (χ4v) is 6.56. The van der Waals surface area contributed by atoms with E-state index in [1.807, 2.05) is 18.2 Å². The molecule has 0 aliphatic carbocycles. The second-order valence-corrected chi connectivity index (χ2v) is 15.7. The molecule has 0 heterocycles. The van der Waals surface area contributed by atoms with Crippen LogP contribution in [0.4, 0.5) is 0 Å². The summed E-state index contributed by atoms with van der Waals surface area (Å²) >= 11 is 0. The molecule has 0 aliphatic heterocycles. The fourth-order valence-electron chi connectivity index (χ4n) is 5.79. The van der Waals surface area contributed by atoms with Crippen molar-refractivity contribution in [3.63, 3.8) is 0 Å². The average Bonchev–Trinajstić information content (AvgIpc) is 3.16. The Balaban J connectivity index is 4.20. The average molecular weight is 780 g/mol. The third-order valence-corrected chi connectivity index (χ3v) is 10.00. The SMILES string of the molecule is CCCCCCCCCC/C=C\C/C=C\C/C=C\C/C=C\CCC(=O)OC(CO/C=C/CCCCCCCCCCCCCC)COP(=O)(O)OCCN. The van der Waals surface area contributed by atoms with Crippen LogP contribution in [-0.2, 0) is 27.9 Å². The van der Waals surface area contributed by atoms with Gasteiger partial charge in [0, 0.05) is 13.0 Å². The van der Waals surface area contributed by atoms with Crippen molar-refractivity contribution in [1.82, 2.24) is 0 Å². The molecule has 0 bridgehead atoms. The maximum Gasteiger partial charge on any atom is 0.472 e. The van der Waals surface area contributed by atoms with E-state index in [1.54, 1.807) is 6.26 Å². The van der Waals surface area contributed by atoms with Crippen LogP contribution in [-0.4, -0.2) is 43.3 Å². The van der Waals surface area contributed by atoms with Crippen LogP contribution in [0, 0.1) is 0 Å². The van der Waals surface area contributed by atoms with Crippen LogP contribution in [0.3, 0.4) is 0 Å². The molecule has 0 aromatic heterocycles. The number of carbonyl (C=O) groups is 1. The highest BCUT2D eigenvalue weighted by atomic mass is 31.2. The van der Waals surface area contributed by atoms with Crippen molar-refractivity contribution in [2.75, 3.05) is 26.4 Å². The summed E-state index contributed by atoms with van der Waals surface area (Å²) < 4.78 is 33.1. The minimum atomic E-state index is -4.31. The van der Waals surface area contributed by atoms with E-state index in [0.29, 0.717) is 6.42 Å². The van der Waals surface area contributed by atoms with Crippen molar-refractivity contribution in [2.45, 2.75) is 193 Å². The fraction of sp³-hybridized carbons (Fsp3) is 0.756. The first kappa shape index (κ1) is 52.0. The molecule has 0 saturated heterocycles. The Morgan fingerprint density at radius 2 is 1.00 bits per heavy atom. The van der Waals surface area contributed by atoms with Crippen molar-refractivity contribution in [1.29, 1.82) is 0 Å². The van der Waals surface area contributed by atoms with E-state index < -0.39 is 19.9 Å². The summed E-state index contributed by atoms with van der Waals surface area (Å²) in [5, 5.41) is 0. The Kier molecular flexibility index (Phi) is 40.7. The quantitative estimate of drug-likeness (QED) is 0.0207. The van der Waals surface area contributed by atoms with Gasteiger partial charge in [-0.3, -0.25) is 13.8 Å². The van der Waals surface area contributed by atoms with Gasteiger partial charge in [-0.2, -0.15) is 0 Å². The number of ether oxygens (including phenoxy) is 2. The van der Waals surface area contributed by atoms with Gasteiger partial charge in [0.05, 0.1) is 19.5 Å². The van der Waals surface area contributed by atoms with Gasteiger partial charge in [-0.25, -0.2) is 4.57 Å². The van der Waals surface area contributed by atoms with Gasteiger partial charge < -0.3 is 20.1 Å². The first-order chi connectivity index (χ1) is 26.4. The number of hydrogen-bond donors (Lipinski definition) is 2. The summed E-state index contributed by atoms with van der Waals surface area (Å²) in [4.78, 5) is 22.4. The third-order valence-electron chi connectivity index (χ3n) is 9.02. The first-order valence-corrected chi connectivity index (χ1v) is 23.3. The molecule has 0 rings (SSSR count). The van der Waals surface area contributed by atoms with Gasteiger partial charge in [-0.15, -0.1) is 0 Å². The lowest BCUT2D eigenvalue weighted by molar-refractivity contribution is -0.153. The van der Waals surface area contributed by atoms with Gasteiger partial charge >= 0.3 is 13.8 Å². The smallest absolute Gasteiger partial charge is 0.472 e. The summed E-state index contributed by atoms with van der Waals surface area (Å²) in [5.41, 5.74) is 5.35. The predicted octanol–water partition coefficient (Wildman–Crippen LogP) is 13.3. The largest absolute Gasteiger partial charge is 0.498 e. The number of carbonyl (C=O) groups excluding carboxylic acids is 1. The van der Waals surface area contributed by atoms with Crippen LogP contribution >= 0.6 is 7.82 Å². The third kappa shape index (κ3) is 41.2. The Labute approximate surface area is 332 Å². The molecule has 0 amide bonds. The highest BCUT2D eigenvalue weighted by Gasteiger charge is 2.25. The Hall–Kier alpha value is -1.96. The zero-order valence-electron chi connectivity index (χ0n) is 34.7. The number of nitrogens with two attached hydrogens (primary N) is 1. The summed E-state index contributed by atoms with van der Waals surface area (Å²) in [6.45, 7) is 4.16. The number of phosphoric acid groups is 1. The van der Waals surface area contributed by atoms with Gasteiger partial charge in [-0.1, -0.05) is 178 Å². The second-order valence-electron chi connectivity index (χ2n) is 14.3. The van der Waals surface area contributed by atoms with E-state index in [0.717, 1.165) is 32.1 Å². The van der Waals surface area contributed by atoms with E-state index in [9.17, 15) is 14.3 Å². The zero-order chi connectivity index (χ0) is 39.5. The highest BCUT2D eigenvalue weighted by Crippen LogP contribution is 2.43. The molecule has 0 aromatic rings. The molecular weight excluding hydrogens is 697 g/mol. The molecule has 3 N–H and O–H groups in total. The highest BCUT2D eigenvalue weighted by molar-refractivity contribution is 7.47. The monoisotopic (exact) mass is 780 g/mol. The minimum Gasteiger partial charge on any atom is -0.498 e. The lowest BCUT2D eigenvalue weighted by Crippen LogP contribution is -2.27. The molecule has 2 unspecified atom stereocenters. The molecule has 9 heteroatoms. The van der Waals surface area contributed by atoms with Crippen molar-refractivity contribution >= 4 is 13.8 Å². The molecule has 0 radical (unpaired) electrons. The molecule has 0 aromatic carbocycles. The van der Waals surface area contributed by atoms with E-state index in [4.69, 9.17) is 24.3 Å². The topological polar surface area (TPSA) is 117 Å². The van der Waals surface area contributed by atoms with Crippen molar-refractivity contribution < 1.29 is 32.8 Å². The summed E-state index contributed by atoms with van der Waals surface area (Å²) in [6, 6.07) is 0. The molecular formula is C45H82NO7P. The Morgan fingerprint density at radius 3 is 1.48 bits per heavy atom. The summed E-state index contributed by atoms with van der Waals surface area (Å²) in [6.07, 6.45) is 52.1. The molecule has 0 spiro atoms. The van der Waals surface area contributed by atoms with Crippen molar-refractivity contribution in [3.05, 3.63) is 60.9 Å². The van der Waals surface area contributed by atoms with Crippen LogP contribution in [0.15, 0.2) is 60.9 Å². The first-order valence-electron chi connectivity index (χ1n) is 21.8. The van der Waals surface area contributed by atoms with Gasteiger partial charge in [0.25, 0.3) is 0 Å². The summed E-state index contributed by atoms with van der Waals surface area (Å²) in [7, 11) is -4.31. The summed E-state index contributed by atoms with van der Waals surface area (Å²) in [5.74, 6) is -0.430. The van der Waals surface area contributed by atoms with E-state index in [-0.39, 0.29) is 32.8 Å². The molecule has 8 nitrogen and oxygen atoms in total.